The average molecular weight is 393 g/mol. The number of hydrogen-bond donors (Lipinski definition) is 1. The molecule has 0 aromatic rings. The first-order valence-electron chi connectivity index (χ1n) is 7.53. The summed E-state index contributed by atoms with van der Waals surface area (Å²) < 4.78 is 13.5. The summed E-state index contributed by atoms with van der Waals surface area (Å²) in [6.07, 6.45) is 6.07. The van der Waals surface area contributed by atoms with Gasteiger partial charge in [0.2, 0.25) is 0 Å². The first-order chi connectivity index (χ1) is 9.63. The molecular weight excluding hydrogens is 369 g/mol. The van der Waals surface area contributed by atoms with Crippen molar-refractivity contribution in [3.8, 4) is 6.07 Å². The van der Waals surface area contributed by atoms with Crippen molar-refractivity contribution in [3.63, 3.8) is 0 Å². The third-order valence-corrected chi connectivity index (χ3v) is 5.71. The van der Waals surface area contributed by atoms with Gasteiger partial charge in [-0.2, -0.15) is 5.26 Å². The second-order valence-corrected chi connectivity index (χ2v) is 6.86. The van der Waals surface area contributed by atoms with E-state index in [1.54, 1.807) is 0 Å². The van der Waals surface area contributed by atoms with Gasteiger partial charge in [-0.1, -0.05) is 22.6 Å². The molecule has 0 aromatic carbocycles. The van der Waals surface area contributed by atoms with Crippen LogP contribution in [0.5, 0.6) is 0 Å². The standard InChI is InChI=1S/C15H24INO3/c1-11(9-17)7-12-4-5-14-15(10-16,20-12)8-13(19-14)3-2-6-18/h11-14,18H,2-8,10H2,1H3/t11-,12?,13?,14+,15?/m1/s1. The molecule has 3 unspecified atom stereocenters. The lowest BCUT2D eigenvalue weighted by Crippen LogP contribution is -2.50. The Morgan fingerprint density at radius 1 is 1.45 bits per heavy atom. The van der Waals surface area contributed by atoms with Gasteiger partial charge in [-0.3, -0.25) is 0 Å². The molecule has 2 heterocycles. The predicted octanol–water partition coefficient (Wildman–Crippen LogP) is 2.82. The Bertz CT molecular complexity index is 360. The Morgan fingerprint density at radius 2 is 2.25 bits per heavy atom. The van der Waals surface area contributed by atoms with Crippen molar-refractivity contribution in [1.82, 2.24) is 0 Å². The van der Waals surface area contributed by atoms with Crippen molar-refractivity contribution < 1.29 is 14.6 Å². The van der Waals surface area contributed by atoms with Gasteiger partial charge in [0, 0.05) is 23.4 Å². The molecule has 4 nitrogen and oxygen atoms in total. The summed E-state index contributed by atoms with van der Waals surface area (Å²) in [4.78, 5) is 0. The summed E-state index contributed by atoms with van der Waals surface area (Å²) in [5.41, 5.74) is -0.168. The zero-order valence-corrected chi connectivity index (χ0v) is 14.2. The summed E-state index contributed by atoms with van der Waals surface area (Å²) in [7, 11) is 0. The highest BCUT2D eigenvalue weighted by molar-refractivity contribution is 14.1. The second kappa shape index (κ2) is 7.39. The second-order valence-electron chi connectivity index (χ2n) is 6.10. The summed E-state index contributed by atoms with van der Waals surface area (Å²) in [6.45, 7) is 2.19. The van der Waals surface area contributed by atoms with Gasteiger partial charge in [0.05, 0.1) is 24.4 Å². The van der Waals surface area contributed by atoms with Crippen molar-refractivity contribution in [2.24, 2.45) is 5.92 Å². The van der Waals surface area contributed by atoms with Crippen LogP contribution >= 0.6 is 22.6 Å². The number of aliphatic hydroxyl groups excluding tert-OH is 1. The SMILES string of the molecule is C[C@@H](C#N)CC1CC[C@@H]2OC(CCCO)CC2(CI)O1. The fraction of sp³-hybridized carbons (Fsp3) is 0.933. The lowest BCUT2D eigenvalue weighted by molar-refractivity contribution is -0.155. The summed E-state index contributed by atoms with van der Waals surface area (Å²) in [6, 6.07) is 2.30. The largest absolute Gasteiger partial charge is 0.396 e. The van der Waals surface area contributed by atoms with Crippen molar-refractivity contribution >= 4 is 22.6 Å². The first-order valence-corrected chi connectivity index (χ1v) is 9.06. The number of fused-ring (bicyclic) bond motifs is 1. The fourth-order valence-electron chi connectivity index (χ4n) is 3.38. The van der Waals surface area contributed by atoms with Crippen LogP contribution in [-0.2, 0) is 9.47 Å². The van der Waals surface area contributed by atoms with Crippen LogP contribution in [0.3, 0.4) is 0 Å². The molecule has 2 fully saturated rings. The third-order valence-electron chi connectivity index (χ3n) is 4.42. The first kappa shape index (κ1) is 16.5. The van der Waals surface area contributed by atoms with Gasteiger partial charge in [-0.05, 0) is 39.0 Å². The lowest BCUT2D eigenvalue weighted by Gasteiger charge is -2.41. The summed E-state index contributed by atoms with van der Waals surface area (Å²) in [5.74, 6) is 0.0512. The molecule has 5 atom stereocenters. The lowest BCUT2D eigenvalue weighted by atomic mass is 9.86. The van der Waals surface area contributed by atoms with Crippen LogP contribution in [0.25, 0.3) is 0 Å². The maximum atomic E-state index is 8.96. The van der Waals surface area contributed by atoms with Crippen LogP contribution in [0.2, 0.25) is 0 Å². The van der Waals surface area contributed by atoms with Gasteiger partial charge < -0.3 is 14.6 Å². The van der Waals surface area contributed by atoms with Crippen molar-refractivity contribution in [3.05, 3.63) is 0 Å². The molecule has 0 saturated carbocycles. The normalized spacial score (nSPS) is 38.2. The smallest absolute Gasteiger partial charge is 0.106 e. The Kier molecular flexibility index (Phi) is 6.09. The molecule has 0 amide bonds. The molecule has 20 heavy (non-hydrogen) atoms. The highest BCUT2D eigenvalue weighted by Crippen LogP contribution is 2.44. The van der Waals surface area contributed by atoms with Crippen LogP contribution in [-0.4, -0.2) is 40.1 Å². The Labute approximate surface area is 135 Å². The number of ether oxygens (including phenoxy) is 2. The van der Waals surface area contributed by atoms with E-state index < -0.39 is 0 Å². The number of nitrogens with zero attached hydrogens (tertiary/aromatic N) is 1. The molecular formula is C15H24INO3. The molecule has 0 aromatic heterocycles. The van der Waals surface area contributed by atoms with E-state index in [2.05, 4.69) is 28.7 Å². The van der Waals surface area contributed by atoms with E-state index >= 15 is 0 Å². The highest BCUT2D eigenvalue weighted by atomic mass is 127. The van der Waals surface area contributed by atoms with Gasteiger partial charge in [0.1, 0.15) is 5.60 Å². The molecule has 2 rings (SSSR count). The van der Waals surface area contributed by atoms with Gasteiger partial charge in [-0.25, -0.2) is 0 Å². The minimum absolute atomic E-state index is 0.0512. The van der Waals surface area contributed by atoms with Gasteiger partial charge in [-0.15, -0.1) is 0 Å². The average Bonchev–Trinajstić information content (AvgIpc) is 2.83. The molecule has 2 aliphatic heterocycles. The van der Waals surface area contributed by atoms with E-state index in [0.29, 0.717) is 0 Å². The molecule has 0 radical (unpaired) electrons. The van der Waals surface area contributed by atoms with Crippen LogP contribution < -0.4 is 0 Å². The number of hydrogen-bond acceptors (Lipinski definition) is 4. The van der Waals surface area contributed by atoms with Crippen molar-refractivity contribution in [1.29, 1.82) is 5.26 Å². The molecule has 2 aliphatic rings. The van der Waals surface area contributed by atoms with Crippen molar-refractivity contribution in [2.75, 3.05) is 11.0 Å². The summed E-state index contributed by atoms with van der Waals surface area (Å²) in [5, 5.41) is 17.9. The molecule has 0 bridgehead atoms. The van der Waals surface area contributed by atoms with E-state index in [1.807, 2.05) is 6.92 Å². The minimum Gasteiger partial charge on any atom is -0.396 e. The van der Waals surface area contributed by atoms with E-state index in [4.69, 9.17) is 19.8 Å². The van der Waals surface area contributed by atoms with Crippen LogP contribution in [0.15, 0.2) is 0 Å². The summed E-state index contributed by atoms with van der Waals surface area (Å²) >= 11 is 2.40. The van der Waals surface area contributed by atoms with E-state index in [1.165, 1.54) is 0 Å². The van der Waals surface area contributed by atoms with Gasteiger partial charge >= 0.3 is 0 Å². The quantitative estimate of drug-likeness (QED) is 0.557. The molecule has 2 saturated heterocycles. The third kappa shape index (κ3) is 3.65. The minimum atomic E-state index is -0.168. The molecule has 1 N–H and O–H groups in total. The van der Waals surface area contributed by atoms with Crippen LogP contribution in [0.1, 0.15) is 45.4 Å². The maximum Gasteiger partial charge on any atom is 0.106 e. The van der Waals surface area contributed by atoms with Crippen molar-refractivity contribution in [2.45, 2.75) is 69.4 Å². The van der Waals surface area contributed by atoms with Gasteiger partial charge in [0.25, 0.3) is 0 Å². The fourth-order valence-corrected chi connectivity index (χ4v) is 4.36. The highest BCUT2D eigenvalue weighted by Gasteiger charge is 2.52. The number of rotatable bonds is 6. The zero-order valence-electron chi connectivity index (χ0n) is 12.1. The van der Waals surface area contributed by atoms with Gasteiger partial charge in [0.15, 0.2) is 0 Å². The molecule has 114 valence electrons. The molecule has 5 heteroatoms. The maximum absolute atomic E-state index is 8.96. The Morgan fingerprint density at radius 3 is 2.90 bits per heavy atom. The number of alkyl halides is 1. The predicted molar refractivity (Wildman–Crippen MR) is 84.7 cm³/mol. The van der Waals surface area contributed by atoms with E-state index in [9.17, 15) is 0 Å². The number of halogens is 1. The van der Waals surface area contributed by atoms with E-state index in [-0.39, 0.29) is 36.4 Å². The van der Waals surface area contributed by atoms with E-state index in [0.717, 1.165) is 43.0 Å². The Balaban J connectivity index is 1.96. The molecule has 0 spiro atoms. The monoisotopic (exact) mass is 393 g/mol. The Hall–Kier alpha value is 0.1000. The topological polar surface area (TPSA) is 62.5 Å². The van der Waals surface area contributed by atoms with Crippen LogP contribution in [0, 0.1) is 17.2 Å². The number of aliphatic hydroxyl groups is 1. The molecule has 0 aliphatic carbocycles. The zero-order chi connectivity index (χ0) is 14.6. The number of nitriles is 1. The van der Waals surface area contributed by atoms with Crippen LogP contribution in [0.4, 0.5) is 0 Å².